The van der Waals surface area contributed by atoms with E-state index in [0.29, 0.717) is 6.42 Å². The van der Waals surface area contributed by atoms with Crippen LogP contribution in [0.2, 0.25) is 0 Å². The summed E-state index contributed by atoms with van der Waals surface area (Å²) in [6, 6.07) is -0.797. The summed E-state index contributed by atoms with van der Waals surface area (Å²) in [7, 11) is 0. The first-order chi connectivity index (χ1) is 25.3. The fourth-order valence-electron chi connectivity index (χ4n) is 7.04. The summed E-state index contributed by atoms with van der Waals surface area (Å²) >= 11 is 0. The number of amides is 1. The first-order valence-electron chi connectivity index (χ1n) is 21.9. The highest BCUT2D eigenvalue weighted by Crippen LogP contribution is 2.22. The van der Waals surface area contributed by atoms with Gasteiger partial charge in [0.25, 0.3) is 0 Å². The fourth-order valence-corrected chi connectivity index (χ4v) is 7.04. The van der Waals surface area contributed by atoms with Crippen molar-refractivity contribution in [3.63, 3.8) is 0 Å². The number of aliphatic hydroxyl groups excluding tert-OH is 5. The molecule has 1 fully saturated rings. The Bertz CT molecular complexity index is 827. The van der Waals surface area contributed by atoms with Crippen LogP contribution < -0.4 is 5.32 Å². The third-order valence-electron chi connectivity index (χ3n) is 10.6. The summed E-state index contributed by atoms with van der Waals surface area (Å²) in [5.41, 5.74) is 0. The maximum absolute atomic E-state index is 12.9. The van der Waals surface area contributed by atoms with E-state index in [1.165, 1.54) is 141 Å². The molecule has 0 radical (unpaired) electrons. The van der Waals surface area contributed by atoms with Crippen molar-refractivity contribution < 1.29 is 39.8 Å². The molecule has 1 aliphatic heterocycles. The summed E-state index contributed by atoms with van der Waals surface area (Å²) in [6.07, 6.45) is 31.0. The van der Waals surface area contributed by atoms with Gasteiger partial charge in [0.2, 0.25) is 5.91 Å². The molecule has 0 aliphatic carbocycles. The molecule has 1 aliphatic rings. The first kappa shape index (κ1) is 48.9. The molecule has 1 rings (SSSR count). The standard InChI is InChI=1S/C43H83NO8/c1-3-5-7-9-11-13-15-17-19-21-23-25-27-29-31-33-39(47)44-36(35-51-43-42(50)41(49)40(48)38(34-45)52-43)37(46)32-30-28-26-24-22-20-18-16-14-12-10-8-6-4-2/h30,32,36-38,40-43,45-46,48-50H,3-29,31,33-35H2,1-2H3,(H,44,47)/b32-30+. The minimum atomic E-state index is -1.56. The fraction of sp³-hybridized carbons (Fsp3) is 0.930. The van der Waals surface area contributed by atoms with E-state index in [1.807, 2.05) is 6.08 Å². The molecule has 52 heavy (non-hydrogen) atoms. The predicted octanol–water partition coefficient (Wildman–Crippen LogP) is 8.56. The Kier molecular flexibility index (Phi) is 32.4. The van der Waals surface area contributed by atoms with Gasteiger partial charge in [-0.15, -0.1) is 0 Å². The van der Waals surface area contributed by atoms with Gasteiger partial charge in [0, 0.05) is 6.42 Å². The number of carbonyl (C=O) groups is 1. The lowest BCUT2D eigenvalue weighted by Gasteiger charge is -2.40. The molecule has 0 aromatic rings. The molecule has 7 atom stereocenters. The molecule has 9 nitrogen and oxygen atoms in total. The number of hydrogen-bond acceptors (Lipinski definition) is 8. The average molecular weight is 742 g/mol. The van der Waals surface area contributed by atoms with Gasteiger partial charge in [-0.3, -0.25) is 4.79 Å². The van der Waals surface area contributed by atoms with Crippen LogP contribution in [0.15, 0.2) is 12.2 Å². The molecule has 0 bridgehead atoms. The van der Waals surface area contributed by atoms with Gasteiger partial charge in [0.15, 0.2) is 6.29 Å². The number of rotatable bonds is 36. The Morgan fingerprint density at radius 2 is 1.06 bits per heavy atom. The number of ether oxygens (including phenoxy) is 2. The van der Waals surface area contributed by atoms with Crippen LogP contribution in [0.4, 0.5) is 0 Å². The highest BCUT2D eigenvalue weighted by molar-refractivity contribution is 5.76. The Hall–Kier alpha value is -1.07. The van der Waals surface area contributed by atoms with Crippen LogP contribution in [0.1, 0.15) is 200 Å². The Morgan fingerprint density at radius 1 is 0.635 bits per heavy atom. The first-order valence-corrected chi connectivity index (χ1v) is 21.9. The molecule has 1 heterocycles. The van der Waals surface area contributed by atoms with Gasteiger partial charge in [-0.2, -0.15) is 0 Å². The maximum atomic E-state index is 12.9. The molecule has 0 saturated carbocycles. The highest BCUT2D eigenvalue weighted by atomic mass is 16.7. The van der Waals surface area contributed by atoms with Crippen molar-refractivity contribution in [1.29, 1.82) is 0 Å². The zero-order valence-electron chi connectivity index (χ0n) is 33.6. The van der Waals surface area contributed by atoms with E-state index in [1.54, 1.807) is 6.08 Å². The summed E-state index contributed by atoms with van der Waals surface area (Å²) in [6.45, 7) is 3.77. The Labute approximate surface area is 318 Å². The zero-order chi connectivity index (χ0) is 38.1. The van der Waals surface area contributed by atoms with Crippen molar-refractivity contribution in [1.82, 2.24) is 5.32 Å². The maximum Gasteiger partial charge on any atom is 0.220 e. The van der Waals surface area contributed by atoms with Gasteiger partial charge in [-0.25, -0.2) is 0 Å². The van der Waals surface area contributed by atoms with Crippen molar-refractivity contribution in [2.24, 2.45) is 0 Å². The van der Waals surface area contributed by atoms with Crippen LogP contribution in [-0.2, 0) is 14.3 Å². The topological polar surface area (TPSA) is 149 Å². The van der Waals surface area contributed by atoms with Crippen LogP contribution in [0.3, 0.4) is 0 Å². The smallest absolute Gasteiger partial charge is 0.220 e. The lowest BCUT2D eigenvalue weighted by molar-refractivity contribution is -0.302. The van der Waals surface area contributed by atoms with Crippen LogP contribution in [0.25, 0.3) is 0 Å². The van der Waals surface area contributed by atoms with E-state index in [2.05, 4.69) is 19.2 Å². The number of hydrogen-bond donors (Lipinski definition) is 6. The van der Waals surface area contributed by atoms with Gasteiger partial charge >= 0.3 is 0 Å². The van der Waals surface area contributed by atoms with Crippen molar-refractivity contribution in [2.45, 2.75) is 243 Å². The van der Waals surface area contributed by atoms with Gasteiger partial charge < -0.3 is 40.3 Å². The van der Waals surface area contributed by atoms with Crippen LogP contribution in [0.5, 0.6) is 0 Å². The van der Waals surface area contributed by atoms with E-state index in [0.717, 1.165) is 38.5 Å². The van der Waals surface area contributed by atoms with Crippen LogP contribution in [0, 0.1) is 0 Å². The molecule has 0 spiro atoms. The molecular weight excluding hydrogens is 658 g/mol. The Morgan fingerprint density at radius 3 is 1.50 bits per heavy atom. The summed E-state index contributed by atoms with van der Waals surface area (Å²) in [5, 5.41) is 54.1. The van der Waals surface area contributed by atoms with Crippen LogP contribution in [-0.4, -0.2) is 87.5 Å². The van der Waals surface area contributed by atoms with Crippen molar-refractivity contribution >= 4 is 5.91 Å². The molecule has 0 aromatic carbocycles. The number of aliphatic hydroxyl groups is 5. The normalized spacial score (nSPS) is 21.9. The van der Waals surface area contributed by atoms with Gasteiger partial charge in [0.05, 0.1) is 25.4 Å². The van der Waals surface area contributed by atoms with Gasteiger partial charge in [0.1, 0.15) is 24.4 Å². The molecule has 7 unspecified atom stereocenters. The highest BCUT2D eigenvalue weighted by Gasteiger charge is 2.44. The van der Waals surface area contributed by atoms with Crippen LogP contribution >= 0.6 is 0 Å². The molecule has 6 N–H and O–H groups in total. The lowest BCUT2D eigenvalue weighted by atomic mass is 9.99. The quantitative estimate of drug-likeness (QED) is 0.0277. The molecular formula is C43H83NO8. The SMILES string of the molecule is CCCCCCCCCCCCCC/C=C/C(O)C(COC1OC(CO)C(O)C(O)C1O)NC(=O)CCCCCCCCCCCCCCCCC. The summed E-state index contributed by atoms with van der Waals surface area (Å²) in [5.74, 6) is -0.175. The zero-order valence-corrected chi connectivity index (χ0v) is 33.6. The molecule has 1 amide bonds. The second-order valence-corrected chi connectivity index (χ2v) is 15.5. The Balaban J connectivity index is 2.38. The molecule has 0 aromatic heterocycles. The van der Waals surface area contributed by atoms with Gasteiger partial charge in [-0.1, -0.05) is 187 Å². The molecule has 9 heteroatoms. The van der Waals surface area contributed by atoms with Crippen molar-refractivity contribution in [3.05, 3.63) is 12.2 Å². The second kappa shape index (κ2) is 34.4. The number of carbonyl (C=O) groups excluding carboxylic acids is 1. The summed E-state index contributed by atoms with van der Waals surface area (Å²) in [4.78, 5) is 12.9. The minimum Gasteiger partial charge on any atom is -0.394 e. The third kappa shape index (κ3) is 25.1. The molecule has 1 saturated heterocycles. The van der Waals surface area contributed by atoms with E-state index >= 15 is 0 Å². The van der Waals surface area contributed by atoms with Crippen molar-refractivity contribution in [3.8, 4) is 0 Å². The largest absolute Gasteiger partial charge is 0.394 e. The minimum absolute atomic E-state index is 0.175. The van der Waals surface area contributed by atoms with E-state index in [4.69, 9.17) is 9.47 Å². The summed E-state index contributed by atoms with van der Waals surface area (Å²) < 4.78 is 11.2. The van der Waals surface area contributed by atoms with E-state index < -0.39 is 49.5 Å². The van der Waals surface area contributed by atoms with Gasteiger partial charge in [-0.05, 0) is 19.3 Å². The van der Waals surface area contributed by atoms with Crippen molar-refractivity contribution in [2.75, 3.05) is 13.2 Å². The number of nitrogens with one attached hydrogen (secondary N) is 1. The number of unbranched alkanes of at least 4 members (excludes halogenated alkanes) is 26. The predicted molar refractivity (Wildman–Crippen MR) is 212 cm³/mol. The average Bonchev–Trinajstić information content (AvgIpc) is 3.14. The lowest BCUT2D eigenvalue weighted by Crippen LogP contribution is -2.60. The monoisotopic (exact) mass is 742 g/mol. The second-order valence-electron chi connectivity index (χ2n) is 15.5. The van der Waals surface area contributed by atoms with E-state index in [9.17, 15) is 30.3 Å². The van der Waals surface area contributed by atoms with E-state index in [-0.39, 0.29) is 12.5 Å². The molecule has 308 valence electrons. The third-order valence-corrected chi connectivity index (χ3v) is 10.6. The number of allylic oxidation sites excluding steroid dienone is 1.